The van der Waals surface area contributed by atoms with Crippen molar-refractivity contribution in [3.8, 4) is 0 Å². The van der Waals surface area contributed by atoms with Crippen molar-refractivity contribution in [2.45, 2.75) is 32.1 Å². The Morgan fingerprint density at radius 2 is 2.27 bits per heavy atom. The summed E-state index contributed by atoms with van der Waals surface area (Å²) in [6.07, 6.45) is 3.28. The molecular formula is C13H18FN. The van der Waals surface area contributed by atoms with Crippen LogP contribution in [0.5, 0.6) is 0 Å². The van der Waals surface area contributed by atoms with E-state index in [-0.39, 0.29) is 5.82 Å². The van der Waals surface area contributed by atoms with Crippen LogP contribution in [0.2, 0.25) is 0 Å². The molecule has 1 aromatic carbocycles. The average Bonchev–Trinajstić information content (AvgIpc) is 2.29. The van der Waals surface area contributed by atoms with Crippen LogP contribution < -0.4 is 5.32 Å². The topological polar surface area (TPSA) is 12.0 Å². The van der Waals surface area contributed by atoms with Gasteiger partial charge >= 0.3 is 0 Å². The van der Waals surface area contributed by atoms with E-state index in [0.29, 0.717) is 5.92 Å². The number of halogens is 1. The first kappa shape index (κ1) is 10.6. The molecule has 1 fully saturated rings. The summed E-state index contributed by atoms with van der Waals surface area (Å²) >= 11 is 0. The lowest BCUT2D eigenvalue weighted by molar-refractivity contribution is 0.459. The van der Waals surface area contributed by atoms with Crippen molar-refractivity contribution >= 4 is 0 Å². The zero-order valence-corrected chi connectivity index (χ0v) is 9.22. The summed E-state index contributed by atoms with van der Waals surface area (Å²) in [5.41, 5.74) is 2.27. The Balaban J connectivity index is 2.22. The van der Waals surface area contributed by atoms with E-state index in [2.05, 4.69) is 18.3 Å². The first-order valence-corrected chi connectivity index (χ1v) is 5.79. The summed E-state index contributed by atoms with van der Waals surface area (Å²) in [4.78, 5) is 0. The van der Waals surface area contributed by atoms with Crippen molar-refractivity contribution in [1.29, 1.82) is 0 Å². The second kappa shape index (κ2) is 4.75. The summed E-state index contributed by atoms with van der Waals surface area (Å²) in [5, 5.41) is 3.37. The number of benzene rings is 1. The number of hydrogen-bond donors (Lipinski definition) is 1. The molecule has 0 spiro atoms. The molecule has 0 aliphatic carbocycles. The van der Waals surface area contributed by atoms with Crippen LogP contribution in [0, 0.1) is 5.82 Å². The van der Waals surface area contributed by atoms with Crippen LogP contribution in [0.15, 0.2) is 18.2 Å². The third kappa shape index (κ3) is 2.57. The summed E-state index contributed by atoms with van der Waals surface area (Å²) < 4.78 is 13.3. The molecule has 1 unspecified atom stereocenters. The van der Waals surface area contributed by atoms with Crippen LogP contribution in [0.25, 0.3) is 0 Å². The summed E-state index contributed by atoms with van der Waals surface area (Å²) in [6, 6.07) is 5.48. The number of nitrogens with one attached hydrogen (secondary N) is 1. The maximum atomic E-state index is 13.3. The van der Waals surface area contributed by atoms with Gasteiger partial charge in [-0.3, -0.25) is 0 Å². The Labute approximate surface area is 90.7 Å². The van der Waals surface area contributed by atoms with Crippen LogP contribution in [0.4, 0.5) is 4.39 Å². The molecule has 1 aromatic rings. The minimum Gasteiger partial charge on any atom is -0.316 e. The lowest BCUT2D eigenvalue weighted by Crippen LogP contribution is -2.28. The van der Waals surface area contributed by atoms with E-state index in [0.717, 1.165) is 25.1 Å². The molecule has 15 heavy (non-hydrogen) atoms. The minimum absolute atomic E-state index is 0.0880. The Kier molecular flexibility index (Phi) is 3.37. The second-order valence-corrected chi connectivity index (χ2v) is 4.29. The largest absolute Gasteiger partial charge is 0.316 e. The van der Waals surface area contributed by atoms with E-state index in [4.69, 9.17) is 0 Å². The van der Waals surface area contributed by atoms with Gasteiger partial charge in [0.25, 0.3) is 0 Å². The van der Waals surface area contributed by atoms with Gasteiger partial charge in [-0.15, -0.1) is 0 Å². The standard InChI is InChI=1S/C13H18FN/c1-2-10-6-12(8-13(14)7-10)11-4-3-5-15-9-11/h6-8,11,15H,2-5,9H2,1H3. The molecule has 0 saturated carbocycles. The zero-order chi connectivity index (χ0) is 10.7. The van der Waals surface area contributed by atoms with Crippen LogP contribution in [-0.2, 0) is 6.42 Å². The molecule has 1 atom stereocenters. The van der Waals surface area contributed by atoms with E-state index in [9.17, 15) is 4.39 Å². The van der Waals surface area contributed by atoms with Crippen LogP contribution in [-0.4, -0.2) is 13.1 Å². The van der Waals surface area contributed by atoms with Gasteiger partial charge in [-0.2, -0.15) is 0 Å². The predicted octanol–water partition coefficient (Wildman–Crippen LogP) is 2.86. The monoisotopic (exact) mass is 207 g/mol. The maximum Gasteiger partial charge on any atom is 0.123 e. The third-order valence-corrected chi connectivity index (χ3v) is 3.16. The average molecular weight is 207 g/mol. The molecule has 0 bridgehead atoms. The molecule has 0 amide bonds. The molecule has 1 nitrogen and oxygen atoms in total. The van der Waals surface area contributed by atoms with Crippen LogP contribution in [0.1, 0.15) is 36.8 Å². The lowest BCUT2D eigenvalue weighted by Gasteiger charge is -2.23. The highest BCUT2D eigenvalue weighted by Crippen LogP contribution is 2.25. The highest BCUT2D eigenvalue weighted by atomic mass is 19.1. The fourth-order valence-electron chi connectivity index (χ4n) is 2.25. The maximum absolute atomic E-state index is 13.3. The molecule has 0 radical (unpaired) electrons. The van der Waals surface area contributed by atoms with Crippen molar-refractivity contribution in [3.05, 3.63) is 35.1 Å². The van der Waals surface area contributed by atoms with Gasteiger partial charge in [0.15, 0.2) is 0 Å². The third-order valence-electron chi connectivity index (χ3n) is 3.16. The van der Waals surface area contributed by atoms with Gasteiger partial charge in [-0.1, -0.05) is 13.0 Å². The normalized spacial score (nSPS) is 21.6. The quantitative estimate of drug-likeness (QED) is 0.786. The molecule has 0 aromatic heterocycles. The molecular weight excluding hydrogens is 189 g/mol. The molecule has 82 valence electrons. The first-order chi connectivity index (χ1) is 7.29. The zero-order valence-electron chi connectivity index (χ0n) is 9.22. The molecule has 1 aliphatic rings. The van der Waals surface area contributed by atoms with E-state index >= 15 is 0 Å². The second-order valence-electron chi connectivity index (χ2n) is 4.29. The van der Waals surface area contributed by atoms with Gasteiger partial charge < -0.3 is 5.32 Å². The van der Waals surface area contributed by atoms with E-state index in [1.54, 1.807) is 12.1 Å². The summed E-state index contributed by atoms with van der Waals surface area (Å²) in [5.74, 6) is 0.412. The van der Waals surface area contributed by atoms with Crippen molar-refractivity contribution < 1.29 is 4.39 Å². The van der Waals surface area contributed by atoms with Gasteiger partial charge in [0.2, 0.25) is 0 Å². The summed E-state index contributed by atoms with van der Waals surface area (Å²) in [7, 11) is 0. The number of hydrogen-bond acceptors (Lipinski definition) is 1. The SMILES string of the molecule is CCc1cc(F)cc(C2CCCNC2)c1. The van der Waals surface area contributed by atoms with Crippen molar-refractivity contribution in [3.63, 3.8) is 0 Å². The Hall–Kier alpha value is -0.890. The van der Waals surface area contributed by atoms with Crippen molar-refractivity contribution in [2.24, 2.45) is 0 Å². The number of aryl methyl sites for hydroxylation is 1. The molecule has 1 N–H and O–H groups in total. The predicted molar refractivity (Wildman–Crippen MR) is 60.6 cm³/mol. The Morgan fingerprint density at radius 3 is 2.93 bits per heavy atom. The summed E-state index contributed by atoms with van der Waals surface area (Å²) in [6.45, 7) is 4.16. The minimum atomic E-state index is -0.0880. The highest BCUT2D eigenvalue weighted by molar-refractivity contribution is 5.28. The number of piperidine rings is 1. The van der Waals surface area contributed by atoms with Gasteiger partial charge in [-0.25, -0.2) is 4.39 Å². The van der Waals surface area contributed by atoms with Crippen molar-refractivity contribution in [1.82, 2.24) is 5.32 Å². The van der Waals surface area contributed by atoms with Gasteiger partial charge in [0.05, 0.1) is 0 Å². The number of rotatable bonds is 2. The molecule has 1 saturated heterocycles. The Morgan fingerprint density at radius 1 is 1.40 bits per heavy atom. The van der Waals surface area contributed by atoms with Gasteiger partial charge in [-0.05, 0) is 55.0 Å². The van der Waals surface area contributed by atoms with Gasteiger partial charge in [0.1, 0.15) is 5.82 Å². The first-order valence-electron chi connectivity index (χ1n) is 5.79. The van der Waals surface area contributed by atoms with E-state index in [1.807, 2.05) is 0 Å². The molecule has 1 aliphatic heterocycles. The molecule has 2 heteroatoms. The van der Waals surface area contributed by atoms with E-state index < -0.39 is 0 Å². The molecule has 1 heterocycles. The fourth-order valence-corrected chi connectivity index (χ4v) is 2.25. The Bertz CT molecular complexity index is 329. The highest BCUT2D eigenvalue weighted by Gasteiger charge is 2.15. The van der Waals surface area contributed by atoms with Crippen LogP contribution in [0.3, 0.4) is 0 Å². The van der Waals surface area contributed by atoms with Crippen LogP contribution >= 0.6 is 0 Å². The van der Waals surface area contributed by atoms with Gasteiger partial charge in [0, 0.05) is 6.54 Å². The lowest BCUT2D eigenvalue weighted by atomic mass is 9.90. The van der Waals surface area contributed by atoms with Crippen molar-refractivity contribution in [2.75, 3.05) is 13.1 Å². The molecule has 2 rings (SSSR count). The van der Waals surface area contributed by atoms with E-state index in [1.165, 1.54) is 18.4 Å². The smallest absolute Gasteiger partial charge is 0.123 e. The fraction of sp³-hybridized carbons (Fsp3) is 0.538.